The summed E-state index contributed by atoms with van der Waals surface area (Å²) in [5.41, 5.74) is 4.76. The van der Waals surface area contributed by atoms with Crippen molar-refractivity contribution in [1.29, 1.82) is 0 Å². The lowest BCUT2D eigenvalue weighted by atomic mass is 10.1. The Kier molecular flexibility index (Phi) is 9.75. The van der Waals surface area contributed by atoms with Crippen molar-refractivity contribution in [3.8, 4) is 28.5 Å². The van der Waals surface area contributed by atoms with Crippen molar-refractivity contribution in [3.63, 3.8) is 0 Å². The van der Waals surface area contributed by atoms with E-state index >= 15 is 0 Å². The topological polar surface area (TPSA) is 133 Å². The molecule has 2 aliphatic rings. The molecule has 3 aromatic heterocycles. The standard InChI is InChI=1S/C32H41ClN6O6SSi/c1-38(2)46(3,41)37-22-11-12-24(34-16-22)20-7-9-21(10-8-20)28-23(33)15-25-31(36-28)39(19-42-13-14-47(4,5)6)32(35-25)45-27-18-44-29-26(40)17-43-30(27)29/h7-12,15-16,26-27,29-30,40H,13-14,17-19H2,1-6H3/t26-,27-,29-,30-,46?/m1/s1. The van der Waals surface area contributed by atoms with Gasteiger partial charge in [0, 0.05) is 46.2 Å². The number of nitrogens with zero attached hydrogens (tertiary/aromatic N) is 6. The van der Waals surface area contributed by atoms with Crippen LogP contribution in [-0.2, 0) is 30.9 Å². The molecule has 47 heavy (non-hydrogen) atoms. The third-order valence-electron chi connectivity index (χ3n) is 8.25. The number of hydrogen-bond donors (Lipinski definition) is 1. The highest BCUT2D eigenvalue weighted by Gasteiger charge is 2.49. The SMILES string of the molecule is CN(C)S(C)(=O)=Nc1ccc(-c2ccc(-c3nc4c(cc3Cl)nc(O[C@@H]3CO[C@H]5[C@@H]3OC[C@H]5O)n4COCC[Si](C)(C)C)cc2)nc1. The first-order chi connectivity index (χ1) is 22.3. The summed E-state index contributed by atoms with van der Waals surface area (Å²) in [4.78, 5) is 14.2. The Hall–Kier alpha value is -2.95. The fourth-order valence-electron chi connectivity index (χ4n) is 5.31. The van der Waals surface area contributed by atoms with E-state index < -0.39 is 36.3 Å². The Morgan fingerprint density at radius 1 is 1.09 bits per heavy atom. The Bertz CT molecular complexity index is 1860. The average Bonchev–Trinajstić information content (AvgIpc) is 3.69. The van der Waals surface area contributed by atoms with Crippen LogP contribution in [0.25, 0.3) is 33.7 Å². The lowest BCUT2D eigenvalue weighted by Crippen LogP contribution is -2.35. The van der Waals surface area contributed by atoms with Crippen molar-refractivity contribution >= 4 is 46.4 Å². The molecule has 0 amide bonds. The number of ether oxygens (including phenoxy) is 4. The van der Waals surface area contributed by atoms with Gasteiger partial charge in [0.05, 0.1) is 41.5 Å². The van der Waals surface area contributed by atoms with Gasteiger partial charge in [0.15, 0.2) is 11.8 Å². The van der Waals surface area contributed by atoms with Crippen LogP contribution in [0.2, 0.25) is 30.7 Å². The zero-order valence-corrected chi connectivity index (χ0v) is 30.0. The van der Waals surface area contributed by atoms with Crippen LogP contribution in [0.4, 0.5) is 5.69 Å². The lowest BCUT2D eigenvalue weighted by molar-refractivity contribution is 0.00336. The third-order valence-corrected chi connectivity index (χ3v) is 12.1. The van der Waals surface area contributed by atoms with Gasteiger partial charge in [0.25, 0.3) is 0 Å². The maximum atomic E-state index is 12.6. The van der Waals surface area contributed by atoms with Crippen LogP contribution >= 0.6 is 11.6 Å². The van der Waals surface area contributed by atoms with Gasteiger partial charge in [-0.25, -0.2) is 13.5 Å². The van der Waals surface area contributed by atoms with E-state index in [9.17, 15) is 9.32 Å². The van der Waals surface area contributed by atoms with Crippen LogP contribution in [0.1, 0.15) is 0 Å². The number of imidazole rings is 1. The van der Waals surface area contributed by atoms with Crippen molar-refractivity contribution < 1.29 is 28.3 Å². The summed E-state index contributed by atoms with van der Waals surface area (Å²) in [7, 11) is -0.336. The molecule has 1 N–H and O–H groups in total. The monoisotopic (exact) mass is 700 g/mol. The molecule has 0 radical (unpaired) electrons. The van der Waals surface area contributed by atoms with E-state index in [2.05, 4.69) is 29.0 Å². The zero-order chi connectivity index (χ0) is 33.5. The van der Waals surface area contributed by atoms with E-state index in [4.69, 9.17) is 40.5 Å². The number of fused-ring (bicyclic) bond motifs is 2. The summed E-state index contributed by atoms with van der Waals surface area (Å²) < 4.78 is 44.4. The molecule has 1 unspecified atom stereocenters. The normalized spacial score (nSPS) is 22.5. The number of aliphatic hydroxyl groups is 1. The lowest BCUT2D eigenvalue weighted by Gasteiger charge is -2.19. The van der Waals surface area contributed by atoms with E-state index in [0.29, 0.717) is 40.2 Å². The number of rotatable bonds is 11. The second-order valence-corrected chi connectivity index (χ2v) is 21.8. The van der Waals surface area contributed by atoms with E-state index in [1.165, 1.54) is 0 Å². The van der Waals surface area contributed by atoms with Gasteiger partial charge < -0.3 is 24.1 Å². The first-order valence-corrected chi connectivity index (χ1v) is 21.4. The van der Waals surface area contributed by atoms with Crippen molar-refractivity contribution in [2.45, 2.75) is 56.8 Å². The summed E-state index contributed by atoms with van der Waals surface area (Å²) in [5.74, 6) is 0. The molecule has 1 aromatic carbocycles. The quantitative estimate of drug-likeness (QED) is 0.165. The molecule has 0 spiro atoms. The second kappa shape index (κ2) is 13.5. The van der Waals surface area contributed by atoms with Crippen LogP contribution in [0, 0.1) is 0 Å². The van der Waals surface area contributed by atoms with Crippen molar-refractivity contribution in [2.24, 2.45) is 4.36 Å². The Morgan fingerprint density at radius 2 is 1.81 bits per heavy atom. The van der Waals surface area contributed by atoms with E-state index in [1.807, 2.05) is 34.9 Å². The molecular weight excluding hydrogens is 660 g/mol. The van der Waals surface area contributed by atoms with Gasteiger partial charge >= 0.3 is 6.01 Å². The molecular formula is C32H41ClN6O6SSi. The summed E-state index contributed by atoms with van der Waals surface area (Å²) in [6.07, 6.45) is 1.29. The van der Waals surface area contributed by atoms with Crippen molar-refractivity contribution in [1.82, 2.24) is 23.8 Å². The van der Waals surface area contributed by atoms with Crippen molar-refractivity contribution in [3.05, 3.63) is 53.7 Å². The van der Waals surface area contributed by atoms with Crippen LogP contribution in [0.3, 0.4) is 0 Å². The molecule has 5 heterocycles. The average molecular weight is 701 g/mol. The van der Waals surface area contributed by atoms with Gasteiger partial charge in [-0.05, 0) is 24.2 Å². The second-order valence-electron chi connectivity index (χ2n) is 13.3. The number of pyridine rings is 2. The number of halogens is 1. The predicted octanol–water partition coefficient (Wildman–Crippen LogP) is 5.24. The third kappa shape index (κ3) is 7.54. The largest absolute Gasteiger partial charge is 0.456 e. The van der Waals surface area contributed by atoms with Crippen LogP contribution in [0.15, 0.2) is 53.0 Å². The van der Waals surface area contributed by atoms with Gasteiger partial charge in [-0.15, -0.1) is 0 Å². The van der Waals surface area contributed by atoms with E-state index in [0.717, 1.165) is 22.9 Å². The molecule has 12 nitrogen and oxygen atoms in total. The fourth-order valence-corrected chi connectivity index (χ4v) is 6.99. The molecule has 6 rings (SSSR count). The molecule has 5 atom stereocenters. The van der Waals surface area contributed by atoms with Crippen LogP contribution in [-0.4, -0.2) is 106 Å². The summed E-state index contributed by atoms with van der Waals surface area (Å²) in [6.45, 7) is 8.22. The molecule has 0 saturated carbocycles. The molecule has 15 heteroatoms. The van der Waals surface area contributed by atoms with E-state index in [-0.39, 0.29) is 26.0 Å². The first kappa shape index (κ1) is 33.9. The molecule has 0 bridgehead atoms. The van der Waals surface area contributed by atoms with Crippen LogP contribution < -0.4 is 4.74 Å². The maximum absolute atomic E-state index is 12.6. The molecule has 0 aliphatic carbocycles. The summed E-state index contributed by atoms with van der Waals surface area (Å²) in [6, 6.07) is 14.6. The minimum atomic E-state index is -2.50. The van der Waals surface area contributed by atoms with Crippen molar-refractivity contribution in [2.75, 3.05) is 40.2 Å². The minimum absolute atomic E-state index is 0.198. The Labute approximate surface area is 281 Å². The summed E-state index contributed by atoms with van der Waals surface area (Å²) >= 11 is 6.79. The minimum Gasteiger partial charge on any atom is -0.456 e. The maximum Gasteiger partial charge on any atom is 0.301 e. The zero-order valence-electron chi connectivity index (χ0n) is 27.4. The van der Waals surface area contributed by atoms with Gasteiger partial charge in [-0.2, -0.15) is 9.35 Å². The number of hydrogen-bond acceptors (Lipinski definition) is 10. The fraction of sp³-hybridized carbons (Fsp3) is 0.469. The number of aromatic nitrogens is 4. The molecule has 2 fully saturated rings. The van der Waals surface area contributed by atoms with Gasteiger partial charge in [0.2, 0.25) is 0 Å². The van der Waals surface area contributed by atoms with E-state index in [1.54, 1.807) is 43.0 Å². The number of aliphatic hydroxyl groups excluding tert-OH is 1. The van der Waals surface area contributed by atoms with Gasteiger partial charge in [-0.1, -0.05) is 55.5 Å². The molecule has 2 saturated heterocycles. The summed E-state index contributed by atoms with van der Waals surface area (Å²) in [5, 5.41) is 10.6. The highest BCUT2D eigenvalue weighted by Crippen LogP contribution is 2.35. The smallest absolute Gasteiger partial charge is 0.301 e. The van der Waals surface area contributed by atoms with Crippen LogP contribution in [0.5, 0.6) is 6.01 Å². The Balaban J connectivity index is 1.28. The van der Waals surface area contributed by atoms with Gasteiger partial charge in [-0.3, -0.25) is 9.55 Å². The predicted molar refractivity (Wildman–Crippen MR) is 185 cm³/mol. The highest BCUT2D eigenvalue weighted by atomic mass is 35.5. The molecule has 252 valence electrons. The Morgan fingerprint density at radius 3 is 2.49 bits per heavy atom. The highest BCUT2D eigenvalue weighted by molar-refractivity contribution is 7.90. The molecule has 2 aliphatic heterocycles. The van der Waals surface area contributed by atoms with Gasteiger partial charge in [0.1, 0.15) is 40.5 Å². The number of benzene rings is 1. The molecule has 4 aromatic rings. The first-order valence-electron chi connectivity index (χ1n) is 15.5.